The fourth-order valence-electron chi connectivity index (χ4n) is 2.20. The first kappa shape index (κ1) is 20.0. The zero-order chi connectivity index (χ0) is 19.8. The summed E-state index contributed by atoms with van der Waals surface area (Å²) in [4.78, 5) is 23.8. The predicted molar refractivity (Wildman–Crippen MR) is 96.8 cm³/mol. The Morgan fingerprint density at radius 3 is 2.19 bits per heavy atom. The second-order valence-electron chi connectivity index (χ2n) is 5.36. The van der Waals surface area contributed by atoms with Crippen LogP contribution in [-0.4, -0.2) is 39.7 Å². The minimum atomic E-state index is -0.709. The first-order valence-electron chi connectivity index (χ1n) is 7.91. The van der Waals surface area contributed by atoms with Crippen LogP contribution in [0, 0.1) is 5.82 Å². The lowest BCUT2D eigenvalue weighted by atomic mass is 10.1. The molecule has 7 heteroatoms. The van der Waals surface area contributed by atoms with Crippen molar-refractivity contribution < 1.29 is 32.9 Å². The molecule has 0 aliphatic rings. The highest BCUT2D eigenvalue weighted by atomic mass is 19.1. The number of methoxy groups -OCH3 is 3. The number of benzene rings is 2. The molecule has 27 heavy (non-hydrogen) atoms. The second-order valence-corrected chi connectivity index (χ2v) is 5.36. The number of hydrogen-bond acceptors (Lipinski definition) is 6. The van der Waals surface area contributed by atoms with Crippen LogP contribution >= 0.6 is 0 Å². The highest BCUT2D eigenvalue weighted by Gasteiger charge is 2.12. The number of carbonyl (C=O) groups excluding carboxylic acids is 2. The van der Waals surface area contributed by atoms with E-state index in [0.29, 0.717) is 17.1 Å². The maximum Gasteiger partial charge on any atom is 0.331 e. The Morgan fingerprint density at radius 2 is 1.63 bits per heavy atom. The highest BCUT2D eigenvalue weighted by Crippen LogP contribution is 2.23. The highest BCUT2D eigenvalue weighted by molar-refractivity contribution is 5.99. The second kappa shape index (κ2) is 9.38. The van der Waals surface area contributed by atoms with Crippen molar-refractivity contribution in [3.63, 3.8) is 0 Å². The van der Waals surface area contributed by atoms with Gasteiger partial charge < -0.3 is 18.9 Å². The van der Waals surface area contributed by atoms with Crippen LogP contribution in [0.1, 0.15) is 15.9 Å². The first-order chi connectivity index (χ1) is 13.0. The lowest BCUT2D eigenvalue weighted by Gasteiger charge is -2.06. The van der Waals surface area contributed by atoms with Gasteiger partial charge in [0.05, 0.1) is 21.3 Å². The SMILES string of the molecule is COc1cc(/C=C/C(=O)OCC(=O)c2ccc(OC)c(F)c2)cc(OC)c1. The molecule has 2 aromatic carbocycles. The minimum Gasteiger partial charge on any atom is -0.497 e. The van der Waals surface area contributed by atoms with Gasteiger partial charge in [0.2, 0.25) is 0 Å². The van der Waals surface area contributed by atoms with Crippen molar-refractivity contribution in [1.82, 2.24) is 0 Å². The van der Waals surface area contributed by atoms with E-state index in [1.165, 1.54) is 45.6 Å². The van der Waals surface area contributed by atoms with Gasteiger partial charge in [-0.2, -0.15) is 0 Å². The summed E-state index contributed by atoms with van der Waals surface area (Å²) in [5.74, 6) is -0.736. The van der Waals surface area contributed by atoms with Crippen molar-refractivity contribution in [3.8, 4) is 17.2 Å². The fourth-order valence-corrected chi connectivity index (χ4v) is 2.20. The van der Waals surface area contributed by atoms with Crippen molar-refractivity contribution in [3.05, 3.63) is 59.4 Å². The normalized spacial score (nSPS) is 10.5. The monoisotopic (exact) mass is 374 g/mol. The van der Waals surface area contributed by atoms with E-state index in [4.69, 9.17) is 18.9 Å². The third-order valence-electron chi connectivity index (χ3n) is 3.60. The number of Topliss-reactive ketones (excluding diaryl/α,β-unsaturated/α-hetero) is 1. The fraction of sp³-hybridized carbons (Fsp3) is 0.200. The van der Waals surface area contributed by atoms with Gasteiger partial charge in [-0.05, 0) is 42.0 Å². The number of halogens is 1. The molecule has 0 spiro atoms. The number of hydrogen-bond donors (Lipinski definition) is 0. The average Bonchev–Trinajstić information content (AvgIpc) is 2.69. The molecule has 0 atom stereocenters. The lowest BCUT2D eigenvalue weighted by Crippen LogP contribution is -2.12. The van der Waals surface area contributed by atoms with Crippen molar-refractivity contribution >= 4 is 17.8 Å². The Hall–Kier alpha value is -3.35. The van der Waals surface area contributed by atoms with Crippen LogP contribution in [0.4, 0.5) is 4.39 Å². The minimum absolute atomic E-state index is 0.0280. The number of ketones is 1. The quantitative estimate of drug-likeness (QED) is 0.401. The largest absolute Gasteiger partial charge is 0.497 e. The van der Waals surface area contributed by atoms with Gasteiger partial charge in [-0.25, -0.2) is 9.18 Å². The van der Waals surface area contributed by atoms with Gasteiger partial charge in [-0.15, -0.1) is 0 Å². The molecule has 0 amide bonds. The standard InChI is InChI=1S/C20H19FO6/c1-24-15-8-13(9-16(11-15)25-2)4-7-20(23)27-12-18(22)14-5-6-19(26-3)17(21)10-14/h4-11H,12H2,1-3H3/b7-4+. The molecule has 0 N–H and O–H groups in total. The lowest BCUT2D eigenvalue weighted by molar-refractivity contribution is -0.136. The molecule has 0 fully saturated rings. The zero-order valence-electron chi connectivity index (χ0n) is 15.2. The Balaban J connectivity index is 1.96. The van der Waals surface area contributed by atoms with Crippen LogP contribution in [0.25, 0.3) is 6.08 Å². The summed E-state index contributed by atoms with van der Waals surface area (Å²) in [6.45, 7) is -0.504. The molecule has 0 heterocycles. The summed E-state index contributed by atoms with van der Waals surface area (Å²) in [6.07, 6.45) is 2.68. The summed E-state index contributed by atoms with van der Waals surface area (Å²) in [6, 6.07) is 8.88. The molecule has 0 aliphatic carbocycles. The number of rotatable bonds is 8. The predicted octanol–water partition coefficient (Wildman–Crippen LogP) is 3.29. The zero-order valence-corrected chi connectivity index (χ0v) is 15.2. The topological polar surface area (TPSA) is 71.1 Å². The van der Waals surface area contributed by atoms with E-state index >= 15 is 0 Å². The van der Waals surface area contributed by atoms with E-state index in [0.717, 1.165) is 6.07 Å². The maximum atomic E-state index is 13.6. The number of ether oxygens (including phenoxy) is 4. The van der Waals surface area contributed by atoms with Crippen LogP contribution in [0.3, 0.4) is 0 Å². The van der Waals surface area contributed by atoms with Crippen molar-refractivity contribution in [2.75, 3.05) is 27.9 Å². The Labute approximate surface area is 156 Å². The molecule has 0 aliphatic heterocycles. The molecule has 0 aromatic heterocycles. The summed E-state index contributed by atoms with van der Waals surface area (Å²) in [7, 11) is 4.36. The number of carbonyl (C=O) groups is 2. The van der Waals surface area contributed by atoms with Crippen molar-refractivity contribution in [1.29, 1.82) is 0 Å². The average molecular weight is 374 g/mol. The summed E-state index contributed by atoms with van der Waals surface area (Å²) in [5, 5.41) is 0. The summed E-state index contributed by atoms with van der Waals surface area (Å²) >= 11 is 0. The Morgan fingerprint density at radius 1 is 0.963 bits per heavy atom. The first-order valence-corrected chi connectivity index (χ1v) is 7.91. The van der Waals surface area contributed by atoms with Gasteiger partial charge in [0.25, 0.3) is 0 Å². The summed E-state index contributed by atoms with van der Waals surface area (Å²) < 4.78 is 33.6. The van der Waals surface area contributed by atoms with Crippen LogP contribution in [0.2, 0.25) is 0 Å². The Bertz CT molecular complexity index is 837. The van der Waals surface area contributed by atoms with Gasteiger partial charge in [0.15, 0.2) is 24.0 Å². The molecule has 0 saturated heterocycles. The third-order valence-corrected chi connectivity index (χ3v) is 3.60. The molecule has 0 radical (unpaired) electrons. The molecular formula is C20H19FO6. The molecular weight excluding hydrogens is 355 g/mol. The van der Waals surface area contributed by atoms with Crippen LogP contribution in [-0.2, 0) is 9.53 Å². The van der Waals surface area contributed by atoms with Crippen molar-refractivity contribution in [2.45, 2.75) is 0 Å². The Kier molecular flexibility index (Phi) is 6.93. The summed E-state index contributed by atoms with van der Waals surface area (Å²) in [5.41, 5.74) is 0.745. The van der Waals surface area contributed by atoms with E-state index in [2.05, 4.69) is 0 Å². The van der Waals surface area contributed by atoms with E-state index in [-0.39, 0.29) is 11.3 Å². The van der Waals surface area contributed by atoms with Gasteiger partial charge in [-0.3, -0.25) is 4.79 Å². The van der Waals surface area contributed by atoms with E-state index in [9.17, 15) is 14.0 Å². The van der Waals surface area contributed by atoms with Crippen LogP contribution in [0.5, 0.6) is 17.2 Å². The van der Waals surface area contributed by atoms with E-state index in [1.807, 2.05) is 0 Å². The number of esters is 1. The van der Waals surface area contributed by atoms with Crippen LogP contribution in [0.15, 0.2) is 42.5 Å². The molecule has 0 bridgehead atoms. The smallest absolute Gasteiger partial charge is 0.331 e. The molecule has 6 nitrogen and oxygen atoms in total. The van der Waals surface area contributed by atoms with Gasteiger partial charge in [0, 0.05) is 17.7 Å². The molecule has 2 rings (SSSR count). The van der Waals surface area contributed by atoms with Gasteiger partial charge in [0.1, 0.15) is 11.5 Å². The molecule has 142 valence electrons. The molecule has 2 aromatic rings. The van der Waals surface area contributed by atoms with E-state index in [1.54, 1.807) is 18.2 Å². The van der Waals surface area contributed by atoms with Crippen molar-refractivity contribution in [2.24, 2.45) is 0 Å². The van der Waals surface area contributed by atoms with Gasteiger partial charge >= 0.3 is 5.97 Å². The van der Waals surface area contributed by atoms with Crippen LogP contribution < -0.4 is 14.2 Å². The van der Waals surface area contributed by atoms with Gasteiger partial charge in [-0.1, -0.05) is 0 Å². The molecule has 0 unspecified atom stereocenters. The van der Waals surface area contributed by atoms with E-state index < -0.39 is 24.2 Å². The third kappa shape index (κ3) is 5.57. The maximum absolute atomic E-state index is 13.6. The molecule has 0 saturated carbocycles.